The zero-order valence-corrected chi connectivity index (χ0v) is 16.6. The number of benzene rings is 1. The first kappa shape index (κ1) is 17.8. The van der Waals surface area contributed by atoms with Crippen molar-refractivity contribution in [2.24, 2.45) is 5.92 Å². The minimum absolute atomic E-state index is 0.0799. The number of aromatic nitrogens is 6. The third-order valence-corrected chi connectivity index (χ3v) is 5.86. The molecule has 4 aromatic heterocycles. The lowest BCUT2D eigenvalue weighted by Crippen LogP contribution is -2.28. The molecule has 31 heavy (non-hydrogen) atoms. The van der Waals surface area contributed by atoms with Gasteiger partial charge < -0.3 is 10.3 Å². The molecular formula is C23H19N7O. The Morgan fingerprint density at radius 3 is 2.84 bits per heavy atom. The van der Waals surface area contributed by atoms with Gasteiger partial charge in [-0.05, 0) is 48.7 Å². The molecule has 1 amide bonds. The number of amides is 1. The summed E-state index contributed by atoms with van der Waals surface area (Å²) >= 11 is 0. The van der Waals surface area contributed by atoms with Gasteiger partial charge in [0.1, 0.15) is 5.69 Å². The van der Waals surface area contributed by atoms with Gasteiger partial charge in [-0.25, -0.2) is 9.97 Å². The first-order valence-corrected chi connectivity index (χ1v) is 10.3. The highest BCUT2D eigenvalue weighted by Gasteiger charge is 2.25. The molecule has 0 atom stereocenters. The highest BCUT2D eigenvalue weighted by molar-refractivity contribution is 5.96. The Hall–Kier alpha value is -4.07. The summed E-state index contributed by atoms with van der Waals surface area (Å²) < 4.78 is 0. The fourth-order valence-electron chi connectivity index (χ4n) is 3.91. The van der Waals surface area contributed by atoms with Crippen molar-refractivity contribution < 1.29 is 4.79 Å². The Balaban J connectivity index is 1.37. The topological polar surface area (TPSA) is 112 Å². The maximum Gasteiger partial charge on any atom is 0.227 e. The number of carbonyl (C=O) groups is 1. The van der Waals surface area contributed by atoms with Gasteiger partial charge in [0, 0.05) is 29.3 Å². The van der Waals surface area contributed by atoms with Crippen LogP contribution in [0.5, 0.6) is 0 Å². The average Bonchev–Trinajstić information content (AvgIpc) is 3.36. The van der Waals surface area contributed by atoms with E-state index in [1.54, 1.807) is 18.6 Å². The third kappa shape index (κ3) is 3.13. The van der Waals surface area contributed by atoms with Crippen LogP contribution >= 0.6 is 0 Å². The Labute approximate surface area is 177 Å². The largest absolute Gasteiger partial charge is 0.335 e. The van der Waals surface area contributed by atoms with Crippen molar-refractivity contribution in [3.05, 3.63) is 55.0 Å². The molecule has 8 heteroatoms. The number of hydrogen-bond acceptors (Lipinski definition) is 5. The lowest BCUT2D eigenvalue weighted by atomic mass is 9.85. The van der Waals surface area contributed by atoms with Crippen LogP contribution in [0, 0.1) is 5.92 Å². The summed E-state index contributed by atoms with van der Waals surface area (Å²) in [5.41, 5.74) is 5.79. The molecule has 0 bridgehead atoms. The van der Waals surface area contributed by atoms with E-state index in [1.165, 1.54) is 0 Å². The van der Waals surface area contributed by atoms with Crippen molar-refractivity contribution in [2.45, 2.75) is 19.3 Å². The lowest BCUT2D eigenvalue weighted by molar-refractivity contribution is -0.122. The van der Waals surface area contributed by atoms with Crippen LogP contribution in [0.1, 0.15) is 19.3 Å². The summed E-state index contributed by atoms with van der Waals surface area (Å²) in [4.78, 5) is 28.8. The number of pyridine rings is 2. The van der Waals surface area contributed by atoms with E-state index in [0.29, 0.717) is 17.2 Å². The number of hydrogen-bond donors (Lipinski definition) is 3. The van der Waals surface area contributed by atoms with Gasteiger partial charge in [-0.1, -0.05) is 12.5 Å². The van der Waals surface area contributed by atoms with Gasteiger partial charge in [-0.2, -0.15) is 5.10 Å². The van der Waals surface area contributed by atoms with E-state index in [9.17, 15) is 4.79 Å². The summed E-state index contributed by atoms with van der Waals surface area (Å²) in [7, 11) is 0. The average molecular weight is 409 g/mol. The minimum atomic E-state index is 0.0799. The number of fused-ring (bicyclic) bond motifs is 2. The molecule has 1 fully saturated rings. The molecule has 3 N–H and O–H groups in total. The van der Waals surface area contributed by atoms with Gasteiger partial charge in [0.25, 0.3) is 0 Å². The van der Waals surface area contributed by atoms with Crippen LogP contribution in [0.25, 0.3) is 44.7 Å². The fraction of sp³-hybridized carbons (Fsp3) is 0.174. The molecule has 0 radical (unpaired) electrons. The highest BCUT2D eigenvalue weighted by Crippen LogP contribution is 2.31. The Morgan fingerprint density at radius 2 is 2.00 bits per heavy atom. The van der Waals surface area contributed by atoms with Crippen LogP contribution in [0.15, 0.2) is 55.0 Å². The molecule has 4 heterocycles. The molecule has 0 spiro atoms. The van der Waals surface area contributed by atoms with E-state index >= 15 is 0 Å². The summed E-state index contributed by atoms with van der Waals surface area (Å²) in [6.07, 6.45) is 8.27. The van der Waals surface area contributed by atoms with Crippen molar-refractivity contribution in [1.82, 2.24) is 30.1 Å². The first-order chi connectivity index (χ1) is 15.2. The molecule has 5 aromatic rings. The number of imidazole rings is 1. The number of nitrogens with one attached hydrogen (secondary N) is 3. The SMILES string of the molecule is O=C(Nc1cncc(-c2ccc3[nH]nc(-c4nc5ncccc5[nH]4)c3c2)c1)C1CCC1. The van der Waals surface area contributed by atoms with E-state index in [0.717, 1.165) is 52.5 Å². The van der Waals surface area contributed by atoms with Crippen LogP contribution in [0.4, 0.5) is 5.69 Å². The van der Waals surface area contributed by atoms with Crippen LogP contribution in [-0.4, -0.2) is 36.0 Å². The maximum atomic E-state index is 12.3. The molecule has 0 aliphatic heterocycles. The number of anilines is 1. The number of carbonyl (C=O) groups excluding carboxylic acids is 1. The van der Waals surface area contributed by atoms with E-state index in [-0.39, 0.29) is 11.8 Å². The molecule has 0 saturated heterocycles. The van der Waals surface area contributed by atoms with Gasteiger partial charge in [0.2, 0.25) is 5.91 Å². The molecule has 0 unspecified atom stereocenters. The monoisotopic (exact) mass is 409 g/mol. The van der Waals surface area contributed by atoms with Gasteiger partial charge in [0.15, 0.2) is 11.5 Å². The standard InChI is InChI=1S/C23H19N7O/c31-23(13-3-1-4-13)26-16-9-15(11-24-12-16)14-6-7-18-17(10-14)20(30-29-18)22-27-19-5-2-8-25-21(19)28-22/h2,5-13H,1,3-4H2,(H,26,31)(H,29,30)(H,25,27,28). The molecule has 1 saturated carbocycles. The van der Waals surface area contributed by atoms with Crippen molar-refractivity contribution in [1.29, 1.82) is 0 Å². The Morgan fingerprint density at radius 1 is 1.06 bits per heavy atom. The Bertz CT molecular complexity index is 1400. The van der Waals surface area contributed by atoms with Gasteiger partial charge in [-0.3, -0.25) is 14.9 Å². The molecule has 1 aliphatic carbocycles. The van der Waals surface area contributed by atoms with Gasteiger partial charge in [0.05, 0.1) is 22.9 Å². The van der Waals surface area contributed by atoms with E-state index in [2.05, 4.69) is 41.5 Å². The van der Waals surface area contributed by atoms with Crippen LogP contribution < -0.4 is 5.32 Å². The van der Waals surface area contributed by atoms with Crippen molar-refractivity contribution in [2.75, 3.05) is 5.32 Å². The van der Waals surface area contributed by atoms with Crippen LogP contribution in [0.3, 0.4) is 0 Å². The lowest BCUT2D eigenvalue weighted by Gasteiger charge is -2.24. The van der Waals surface area contributed by atoms with E-state index in [1.807, 2.05) is 30.3 Å². The second-order valence-electron chi connectivity index (χ2n) is 7.87. The summed E-state index contributed by atoms with van der Waals surface area (Å²) in [6, 6.07) is 11.8. The number of H-pyrrole nitrogens is 2. The smallest absolute Gasteiger partial charge is 0.227 e. The van der Waals surface area contributed by atoms with Crippen LogP contribution in [-0.2, 0) is 4.79 Å². The molecule has 1 aliphatic rings. The van der Waals surface area contributed by atoms with Crippen molar-refractivity contribution >= 4 is 33.7 Å². The summed E-state index contributed by atoms with van der Waals surface area (Å²) in [5.74, 6) is 0.875. The molecule has 1 aromatic carbocycles. The highest BCUT2D eigenvalue weighted by atomic mass is 16.1. The fourth-order valence-corrected chi connectivity index (χ4v) is 3.91. The summed E-state index contributed by atoms with van der Waals surface area (Å²) in [6.45, 7) is 0. The molecule has 152 valence electrons. The van der Waals surface area contributed by atoms with Crippen molar-refractivity contribution in [3.63, 3.8) is 0 Å². The zero-order chi connectivity index (χ0) is 20.8. The number of rotatable bonds is 4. The molecule has 8 nitrogen and oxygen atoms in total. The van der Waals surface area contributed by atoms with Gasteiger partial charge >= 0.3 is 0 Å². The second kappa shape index (κ2) is 7.02. The molecule has 6 rings (SSSR count). The van der Waals surface area contributed by atoms with E-state index < -0.39 is 0 Å². The second-order valence-corrected chi connectivity index (χ2v) is 7.87. The zero-order valence-electron chi connectivity index (χ0n) is 16.6. The summed E-state index contributed by atoms with van der Waals surface area (Å²) in [5, 5.41) is 11.5. The number of aromatic amines is 2. The Kier molecular flexibility index (Phi) is 4.02. The van der Waals surface area contributed by atoms with Crippen LogP contribution in [0.2, 0.25) is 0 Å². The predicted molar refractivity (Wildman–Crippen MR) is 118 cm³/mol. The predicted octanol–water partition coefficient (Wildman–Crippen LogP) is 4.30. The van der Waals surface area contributed by atoms with E-state index in [4.69, 9.17) is 0 Å². The minimum Gasteiger partial charge on any atom is -0.335 e. The van der Waals surface area contributed by atoms with Gasteiger partial charge in [-0.15, -0.1) is 0 Å². The third-order valence-electron chi connectivity index (χ3n) is 5.86. The quantitative estimate of drug-likeness (QED) is 0.410. The van der Waals surface area contributed by atoms with Crippen molar-refractivity contribution in [3.8, 4) is 22.6 Å². The normalized spacial score (nSPS) is 14.1. The maximum absolute atomic E-state index is 12.3. The number of nitrogens with zero attached hydrogens (tertiary/aromatic N) is 4. The first-order valence-electron chi connectivity index (χ1n) is 10.3. The molecular weight excluding hydrogens is 390 g/mol.